The second-order valence-electron chi connectivity index (χ2n) is 4.45. The van der Waals surface area contributed by atoms with Crippen LogP contribution in [0, 0.1) is 0 Å². The molecule has 21 heavy (non-hydrogen) atoms. The second kappa shape index (κ2) is 8.32. The van der Waals surface area contributed by atoms with Crippen LogP contribution in [-0.4, -0.2) is 16.6 Å². The van der Waals surface area contributed by atoms with E-state index in [-0.39, 0.29) is 0 Å². The van der Waals surface area contributed by atoms with E-state index in [4.69, 9.17) is 23.8 Å². The minimum Gasteiger partial charge on any atom is -0.362 e. The average molecular weight is 385 g/mol. The van der Waals surface area contributed by atoms with Crippen LogP contribution in [0.1, 0.15) is 12.0 Å². The van der Waals surface area contributed by atoms with Crippen molar-refractivity contribution in [3.63, 3.8) is 0 Å². The molecule has 0 unspecified atom stereocenters. The first-order valence-corrected chi connectivity index (χ1v) is 8.13. The van der Waals surface area contributed by atoms with Crippen LogP contribution >= 0.6 is 39.7 Å². The summed E-state index contributed by atoms with van der Waals surface area (Å²) in [5.74, 6) is 0.653. The molecule has 0 bridgehead atoms. The molecule has 0 amide bonds. The highest BCUT2D eigenvalue weighted by atomic mass is 79.9. The number of anilines is 1. The van der Waals surface area contributed by atoms with E-state index in [1.54, 1.807) is 12.3 Å². The molecule has 6 heteroatoms. The van der Waals surface area contributed by atoms with Crippen LogP contribution in [0.2, 0.25) is 5.02 Å². The van der Waals surface area contributed by atoms with Gasteiger partial charge < -0.3 is 10.6 Å². The first-order chi connectivity index (χ1) is 10.1. The zero-order valence-corrected chi connectivity index (χ0v) is 14.4. The van der Waals surface area contributed by atoms with Crippen LogP contribution < -0.4 is 10.6 Å². The Kier molecular flexibility index (Phi) is 6.42. The number of hydrogen-bond acceptors (Lipinski definition) is 2. The summed E-state index contributed by atoms with van der Waals surface area (Å²) in [5.41, 5.74) is 1.33. The van der Waals surface area contributed by atoms with E-state index in [0.29, 0.717) is 16.0 Å². The molecule has 0 aliphatic heterocycles. The van der Waals surface area contributed by atoms with Gasteiger partial charge in [0.15, 0.2) is 5.11 Å². The minimum atomic E-state index is 0.554. The van der Waals surface area contributed by atoms with E-state index < -0.39 is 0 Å². The Morgan fingerprint density at radius 1 is 1.29 bits per heavy atom. The van der Waals surface area contributed by atoms with Gasteiger partial charge in [-0.3, -0.25) is 0 Å². The summed E-state index contributed by atoms with van der Waals surface area (Å²) in [6.45, 7) is 0.811. The molecule has 0 aliphatic rings. The molecule has 2 rings (SSSR count). The Labute approximate surface area is 143 Å². The number of aromatic nitrogens is 1. The van der Waals surface area contributed by atoms with Crippen molar-refractivity contribution in [2.45, 2.75) is 12.8 Å². The van der Waals surface area contributed by atoms with Crippen LogP contribution in [0.25, 0.3) is 0 Å². The average Bonchev–Trinajstić information content (AvgIpc) is 2.48. The molecule has 0 radical (unpaired) electrons. The number of rotatable bonds is 5. The number of nitrogens with zero attached hydrogens (tertiary/aromatic N) is 1. The molecule has 0 aliphatic carbocycles. The fraction of sp³-hybridized carbons (Fsp3) is 0.200. The van der Waals surface area contributed by atoms with Gasteiger partial charge in [-0.05, 0) is 52.6 Å². The van der Waals surface area contributed by atoms with Crippen LogP contribution in [0.15, 0.2) is 47.1 Å². The van der Waals surface area contributed by atoms with E-state index in [2.05, 4.69) is 55.8 Å². The number of pyridine rings is 1. The lowest BCUT2D eigenvalue weighted by Crippen LogP contribution is -2.30. The first kappa shape index (κ1) is 16.2. The third kappa shape index (κ3) is 5.61. The quantitative estimate of drug-likeness (QED) is 0.591. The Balaban J connectivity index is 1.72. The monoisotopic (exact) mass is 383 g/mol. The molecule has 3 nitrogen and oxygen atoms in total. The van der Waals surface area contributed by atoms with Gasteiger partial charge in [0.2, 0.25) is 0 Å². The van der Waals surface area contributed by atoms with Crippen LogP contribution in [0.3, 0.4) is 0 Å². The molecule has 2 aromatic rings. The Bertz CT molecular complexity index is 607. The van der Waals surface area contributed by atoms with Crippen LogP contribution in [0.4, 0.5) is 5.82 Å². The van der Waals surface area contributed by atoms with E-state index in [0.717, 1.165) is 23.9 Å². The fourth-order valence-electron chi connectivity index (χ4n) is 1.80. The molecule has 1 aromatic heterocycles. The van der Waals surface area contributed by atoms with Gasteiger partial charge in [-0.1, -0.05) is 41.9 Å². The number of benzene rings is 1. The number of thiocarbonyl (C=S) groups is 1. The summed E-state index contributed by atoms with van der Waals surface area (Å²) in [6, 6.07) is 12.2. The second-order valence-corrected chi connectivity index (χ2v) is 6.15. The summed E-state index contributed by atoms with van der Waals surface area (Å²) in [7, 11) is 0. The first-order valence-electron chi connectivity index (χ1n) is 6.55. The number of nitrogens with one attached hydrogen (secondary N) is 2. The molecule has 110 valence electrons. The van der Waals surface area contributed by atoms with E-state index in [9.17, 15) is 0 Å². The molecular weight excluding hydrogens is 370 g/mol. The minimum absolute atomic E-state index is 0.554. The Morgan fingerprint density at radius 3 is 2.76 bits per heavy atom. The number of hydrogen-bond donors (Lipinski definition) is 2. The molecule has 2 N–H and O–H groups in total. The van der Waals surface area contributed by atoms with Crippen molar-refractivity contribution in [3.05, 3.63) is 57.7 Å². The third-order valence-corrected chi connectivity index (χ3v) is 3.87. The topological polar surface area (TPSA) is 37.0 Å². The van der Waals surface area contributed by atoms with Gasteiger partial charge in [-0.15, -0.1) is 0 Å². The van der Waals surface area contributed by atoms with Crippen molar-refractivity contribution in [1.82, 2.24) is 10.3 Å². The molecule has 1 aromatic carbocycles. The zero-order chi connectivity index (χ0) is 15.1. The van der Waals surface area contributed by atoms with Crippen molar-refractivity contribution >= 4 is 50.7 Å². The number of aryl methyl sites for hydroxylation is 1. The van der Waals surface area contributed by atoms with Crippen LogP contribution in [-0.2, 0) is 6.42 Å². The Morgan fingerprint density at radius 2 is 2.05 bits per heavy atom. The molecule has 1 heterocycles. The molecule has 0 atom stereocenters. The maximum Gasteiger partial charge on any atom is 0.171 e. The predicted octanol–water partition coefficient (Wildman–Crippen LogP) is 4.42. The third-order valence-electron chi connectivity index (χ3n) is 2.81. The SMILES string of the molecule is S=C(NCCCc1ccccc1)Nc1ncc(Cl)cc1Br. The number of halogens is 2. The lowest BCUT2D eigenvalue weighted by Gasteiger charge is -2.11. The normalized spacial score (nSPS) is 10.2. The fourth-order valence-corrected chi connectivity index (χ4v) is 2.73. The van der Waals surface area contributed by atoms with Crippen molar-refractivity contribution in [2.75, 3.05) is 11.9 Å². The largest absolute Gasteiger partial charge is 0.362 e. The summed E-state index contributed by atoms with van der Waals surface area (Å²) < 4.78 is 0.781. The summed E-state index contributed by atoms with van der Waals surface area (Å²) in [6.07, 6.45) is 3.62. The summed E-state index contributed by atoms with van der Waals surface area (Å²) in [5, 5.41) is 7.34. The van der Waals surface area contributed by atoms with E-state index >= 15 is 0 Å². The van der Waals surface area contributed by atoms with Gasteiger partial charge in [0.25, 0.3) is 0 Å². The lowest BCUT2D eigenvalue weighted by molar-refractivity contribution is 0.777. The van der Waals surface area contributed by atoms with E-state index in [1.165, 1.54) is 5.56 Å². The van der Waals surface area contributed by atoms with Gasteiger partial charge in [0.05, 0.1) is 9.50 Å². The summed E-state index contributed by atoms with van der Waals surface area (Å²) >= 11 is 14.5. The maximum atomic E-state index is 5.85. The summed E-state index contributed by atoms with van der Waals surface area (Å²) in [4.78, 5) is 4.18. The molecular formula is C15H15BrClN3S. The van der Waals surface area contributed by atoms with Crippen molar-refractivity contribution in [1.29, 1.82) is 0 Å². The molecule has 0 fully saturated rings. The smallest absolute Gasteiger partial charge is 0.171 e. The van der Waals surface area contributed by atoms with Gasteiger partial charge in [0, 0.05) is 12.7 Å². The lowest BCUT2D eigenvalue weighted by atomic mass is 10.1. The predicted molar refractivity (Wildman–Crippen MR) is 95.9 cm³/mol. The zero-order valence-electron chi connectivity index (χ0n) is 11.3. The highest BCUT2D eigenvalue weighted by Gasteiger charge is 2.04. The molecule has 0 spiro atoms. The molecule has 0 saturated heterocycles. The van der Waals surface area contributed by atoms with Crippen molar-refractivity contribution < 1.29 is 0 Å². The van der Waals surface area contributed by atoms with Crippen LogP contribution in [0.5, 0.6) is 0 Å². The van der Waals surface area contributed by atoms with Gasteiger partial charge >= 0.3 is 0 Å². The maximum absolute atomic E-state index is 5.85. The van der Waals surface area contributed by atoms with Crippen molar-refractivity contribution in [3.8, 4) is 0 Å². The standard InChI is InChI=1S/C15H15BrClN3S/c16-13-9-12(17)10-19-14(13)20-15(21)18-8-4-7-11-5-2-1-3-6-11/h1-3,5-6,9-10H,4,7-8H2,(H2,18,19,20,21). The highest BCUT2D eigenvalue weighted by Crippen LogP contribution is 2.22. The Hall–Kier alpha value is -1.17. The van der Waals surface area contributed by atoms with Gasteiger partial charge in [0.1, 0.15) is 5.82 Å². The van der Waals surface area contributed by atoms with Gasteiger partial charge in [-0.2, -0.15) is 0 Å². The van der Waals surface area contributed by atoms with Crippen molar-refractivity contribution in [2.24, 2.45) is 0 Å². The van der Waals surface area contributed by atoms with E-state index in [1.807, 2.05) is 6.07 Å². The highest BCUT2D eigenvalue weighted by molar-refractivity contribution is 9.10. The molecule has 0 saturated carbocycles. The van der Waals surface area contributed by atoms with Gasteiger partial charge in [-0.25, -0.2) is 4.98 Å².